The van der Waals surface area contributed by atoms with Gasteiger partial charge in [-0.05, 0) is 23.8 Å². The Morgan fingerprint density at radius 1 is 1.04 bits per heavy atom. The second kappa shape index (κ2) is 7.13. The van der Waals surface area contributed by atoms with Gasteiger partial charge in [-0.25, -0.2) is 8.42 Å². The van der Waals surface area contributed by atoms with Crippen molar-refractivity contribution in [3.63, 3.8) is 0 Å². The monoisotopic (exact) mass is 366 g/mol. The number of nitrogens with one attached hydrogen (secondary N) is 2. The first-order valence-corrected chi connectivity index (χ1v) is 8.78. The molecular weight excluding hydrogens is 352 g/mol. The molecule has 0 amide bonds. The van der Waals surface area contributed by atoms with Gasteiger partial charge in [-0.2, -0.15) is 0 Å². The molecule has 0 atom stereocenters. The molecule has 0 aliphatic heterocycles. The second-order valence-corrected chi connectivity index (χ2v) is 6.89. The fraction of sp³-hybridized carbons (Fsp3) is 0.143. The summed E-state index contributed by atoms with van der Waals surface area (Å²) >= 11 is 0. The highest BCUT2D eigenvalue weighted by Gasteiger charge is 2.19. The Bertz CT molecular complexity index is 929. The van der Waals surface area contributed by atoms with Crippen LogP contribution in [0, 0.1) is 20.2 Å². The highest BCUT2D eigenvalue weighted by molar-refractivity contribution is 7.92. The Balaban J connectivity index is 2.20. The Labute approximate surface area is 142 Å². The lowest BCUT2D eigenvalue weighted by Crippen LogP contribution is -2.10. The molecule has 2 N–H and O–H groups in total. The summed E-state index contributed by atoms with van der Waals surface area (Å²) in [4.78, 5) is 20.4. The maximum Gasteiger partial charge on any atom is 0.299 e. The number of nitrogens with zero attached hydrogens (tertiary/aromatic N) is 2. The van der Waals surface area contributed by atoms with E-state index in [0.717, 1.165) is 18.4 Å². The fourth-order valence-corrected chi connectivity index (χ4v) is 2.65. The average Bonchev–Trinajstić information content (AvgIpc) is 2.51. The van der Waals surface area contributed by atoms with Crippen LogP contribution >= 0.6 is 0 Å². The number of benzene rings is 2. The molecule has 0 fully saturated rings. The van der Waals surface area contributed by atoms with Gasteiger partial charge in [0.25, 0.3) is 11.4 Å². The number of nitro benzene ring substituents is 2. The van der Waals surface area contributed by atoms with Crippen LogP contribution in [0.2, 0.25) is 0 Å². The molecule has 2 aromatic rings. The van der Waals surface area contributed by atoms with E-state index in [-0.39, 0.29) is 17.9 Å². The van der Waals surface area contributed by atoms with Crippen LogP contribution in [0.4, 0.5) is 22.7 Å². The van der Waals surface area contributed by atoms with Gasteiger partial charge in [0.2, 0.25) is 10.0 Å². The van der Waals surface area contributed by atoms with E-state index in [0.29, 0.717) is 11.3 Å². The summed E-state index contributed by atoms with van der Waals surface area (Å²) in [7, 11) is -3.42. The van der Waals surface area contributed by atoms with Crippen molar-refractivity contribution in [1.82, 2.24) is 0 Å². The molecule has 132 valence electrons. The van der Waals surface area contributed by atoms with Crippen LogP contribution in [0.3, 0.4) is 0 Å². The van der Waals surface area contributed by atoms with Crippen molar-refractivity contribution in [2.75, 3.05) is 16.3 Å². The van der Waals surface area contributed by atoms with Gasteiger partial charge in [0.1, 0.15) is 5.69 Å². The van der Waals surface area contributed by atoms with E-state index in [2.05, 4.69) is 10.0 Å². The third-order valence-electron chi connectivity index (χ3n) is 3.10. The van der Waals surface area contributed by atoms with Crippen LogP contribution < -0.4 is 10.0 Å². The van der Waals surface area contributed by atoms with Crippen molar-refractivity contribution in [2.45, 2.75) is 6.54 Å². The molecule has 2 aromatic carbocycles. The van der Waals surface area contributed by atoms with Crippen LogP contribution in [0.15, 0.2) is 42.5 Å². The van der Waals surface area contributed by atoms with E-state index in [1.165, 1.54) is 6.07 Å². The first-order valence-electron chi connectivity index (χ1n) is 6.89. The molecule has 10 nitrogen and oxygen atoms in total. The number of nitro groups is 2. The minimum absolute atomic E-state index is 0.122. The zero-order chi connectivity index (χ0) is 18.6. The standard InChI is InChI=1S/C14H14N4O6S/c1-25(23,24)16-11-4-2-3-10(7-11)9-15-13-6-5-12(17(19)20)8-14(13)18(21)22/h2-8,15-16H,9H2,1H3. The van der Waals surface area contributed by atoms with Crippen molar-refractivity contribution < 1.29 is 18.3 Å². The summed E-state index contributed by atoms with van der Waals surface area (Å²) in [6.45, 7) is 0.165. The Morgan fingerprint density at radius 2 is 1.76 bits per heavy atom. The number of rotatable bonds is 7. The largest absolute Gasteiger partial charge is 0.375 e. The minimum atomic E-state index is -3.42. The zero-order valence-corrected chi connectivity index (χ0v) is 13.8. The smallest absolute Gasteiger partial charge is 0.299 e. The molecule has 0 saturated carbocycles. The Morgan fingerprint density at radius 3 is 2.36 bits per heavy atom. The normalized spacial score (nSPS) is 10.9. The Kier molecular flexibility index (Phi) is 5.17. The van der Waals surface area contributed by atoms with E-state index < -0.39 is 25.6 Å². The van der Waals surface area contributed by atoms with E-state index in [9.17, 15) is 28.6 Å². The minimum Gasteiger partial charge on any atom is -0.375 e. The fourth-order valence-electron chi connectivity index (χ4n) is 2.09. The summed E-state index contributed by atoms with van der Waals surface area (Å²) in [5.74, 6) is 0. The lowest BCUT2D eigenvalue weighted by Gasteiger charge is -2.09. The van der Waals surface area contributed by atoms with Crippen LogP contribution in [-0.4, -0.2) is 24.5 Å². The van der Waals surface area contributed by atoms with Gasteiger partial charge in [-0.1, -0.05) is 12.1 Å². The van der Waals surface area contributed by atoms with Crippen LogP contribution in [0.1, 0.15) is 5.56 Å². The maximum absolute atomic E-state index is 11.2. The Hall–Kier alpha value is -3.21. The quantitative estimate of drug-likeness (QED) is 0.565. The molecule has 0 spiro atoms. The van der Waals surface area contributed by atoms with Crippen LogP contribution in [0.5, 0.6) is 0 Å². The molecule has 0 unspecified atom stereocenters. The topological polar surface area (TPSA) is 144 Å². The number of hydrogen-bond donors (Lipinski definition) is 2. The number of hydrogen-bond acceptors (Lipinski definition) is 7. The third-order valence-corrected chi connectivity index (χ3v) is 3.71. The molecule has 0 bridgehead atoms. The lowest BCUT2D eigenvalue weighted by atomic mass is 10.2. The maximum atomic E-state index is 11.2. The number of sulfonamides is 1. The van der Waals surface area contributed by atoms with Gasteiger partial charge < -0.3 is 5.32 Å². The average molecular weight is 366 g/mol. The van der Waals surface area contributed by atoms with Crippen LogP contribution in [-0.2, 0) is 16.6 Å². The molecule has 25 heavy (non-hydrogen) atoms. The highest BCUT2D eigenvalue weighted by atomic mass is 32.2. The first kappa shape index (κ1) is 18.1. The zero-order valence-electron chi connectivity index (χ0n) is 13.0. The van der Waals surface area contributed by atoms with E-state index >= 15 is 0 Å². The number of non-ortho nitro benzene ring substituents is 1. The first-order chi connectivity index (χ1) is 11.7. The molecule has 0 heterocycles. The molecule has 0 aromatic heterocycles. The van der Waals surface area contributed by atoms with Crippen LogP contribution in [0.25, 0.3) is 0 Å². The molecule has 2 rings (SSSR count). The van der Waals surface area contributed by atoms with Gasteiger partial charge >= 0.3 is 0 Å². The predicted octanol–water partition coefficient (Wildman–Crippen LogP) is 2.49. The summed E-state index contributed by atoms with van der Waals surface area (Å²) in [6.07, 6.45) is 1.03. The van der Waals surface area contributed by atoms with Crippen molar-refractivity contribution in [1.29, 1.82) is 0 Å². The van der Waals surface area contributed by atoms with Gasteiger partial charge in [0, 0.05) is 18.3 Å². The number of anilines is 2. The van der Waals surface area contributed by atoms with Gasteiger partial charge in [-0.15, -0.1) is 0 Å². The van der Waals surface area contributed by atoms with Crippen molar-refractivity contribution in [3.05, 3.63) is 68.3 Å². The molecule has 0 aliphatic rings. The molecule has 11 heteroatoms. The molecule has 0 aliphatic carbocycles. The summed E-state index contributed by atoms with van der Waals surface area (Å²) in [5.41, 5.74) is 0.356. The van der Waals surface area contributed by atoms with E-state index in [1.54, 1.807) is 24.3 Å². The lowest BCUT2D eigenvalue weighted by molar-refractivity contribution is -0.393. The van der Waals surface area contributed by atoms with E-state index in [1.807, 2.05) is 0 Å². The van der Waals surface area contributed by atoms with Crippen molar-refractivity contribution in [3.8, 4) is 0 Å². The SMILES string of the molecule is CS(=O)(=O)Nc1cccc(CNc2ccc([N+](=O)[O-])cc2[N+](=O)[O-])c1. The van der Waals surface area contributed by atoms with Crippen molar-refractivity contribution in [2.24, 2.45) is 0 Å². The van der Waals surface area contributed by atoms with Gasteiger partial charge in [0.05, 0.1) is 22.2 Å². The highest BCUT2D eigenvalue weighted by Crippen LogP contribution is 2.29. The second-order valence-electron chi connectivity index (χ2n) is 5.14. The van der Waals surface area contributed by atoms with Gasteiger partial charge in [-0.3, -0.25) is 25.0 Å². The van der Waals surface area contributed by atoms with Crippen molar-refractivity contribution >= 4 is 32.8 Å². The molecule has 0 radical (unpaired) electrons. The molecular formula is C14H14N4O6S. The molecule has 0 saturated heterocycles. The predicted molar refractivity (Wildman–Crippen MR) is 92.0 cm³/mol. The van der Waals surface area contributed by atoms with Gasteiger partial charge in [0.15, 0.2) is 0 Å². The summed E-state index contributed by atoms with van der Waals surface area (Å²) in [6, 6.07) is 9.78. The summed E-state index contributed by atoms with van der Waals surface area (Å²) in [5, 5.41) is 24.6. The third kappa shape index (κ3) is 5.14. The summed E-state index contributed by atoms with van der Waals surface area (Å²) < 4.78 is 24.8. The van der Waals surface area contributed by atoms with E-state index in [4.69, 9.17) is 0 Å².